The minimum absolute atomic E-state index is 0.801. The third-order valence-electron chi connectivity index (χ3n) is 3.40. The maximum Gasteiger partial charge on any atom is 0.118 e. The third kappa shape index (κ3) is 2.99. The lowest BCUT2D eigenvalue weighted by molar-refractivity contribution is -0.863. The fourth-order valence-electron chi connectivity index (χ4n) is 2.52. The quantitative estimate of drug-likeness (QED) is 0.757. The molecule has 0 radical (unpaired) electrons. The van der Waals surface area contributed by atoms with E-state index >= 15 is 0 Å². The van der Waals surface area contributed by atoms with E-state index in [4.69, 9.17) is 4.74 Å². The average molecular weight is 219 g/mol. The molecule has 0 aromatic heterocycles. The number of quaternary nitrogens is 1. The number of hydrogen-bond donors (Lipinski definition) is 1. The number of methoxy groups -OCH3 is 1. The molecule has 88 valence electrons. The van der Waals surface area contributed by atoms with Crippen LogP contribution in [0.5, 0.6) is 5.75 Å². The maximum atomic E-state index is 5.16. The van der Waals surface area contributed by atoms with E-state index in [1.165, 1.54) is 42.8 Å². The van der Waals surface area contributed by atoms with Crippen LogP contribution in [-0.2, 0) is 6.42 Å². The van der Waals surface area contributed by atoms with E-state index in [0.29, 0.717) is 0 Å². The lowest BCUT2D eigenvalue weighted by atomic mass is 9.91. The van der Waals surface area contributed by atoms with Gasteiger partial charge in [-0.25, -0.2) is 0 Å². The van der Waals surface area contributed by atoms with Gasteiger partial charge in [0, 0.05) is 5.92 Å². The molecule has 0 aliphatic carbocycles. The second-order valence-corrected chi connectivity index (χ2v) is 4.76. The molecule has 2 nitrogen and oxygen atoms in total. The standard InChI is InChI=1S/C14H21NO/c1-15-9-3-4-13(11-15)10-12-5-7-14(16-2)8-6-12/h5-8,13,15H,1,3-4,9-11H2,2H3. The van der Waals surface area contributed by atoms with Gasteiger partial charge >= 0.3 is 0 Å². The van der Waals surface area contributed by atoms with Gasteiger partial charge in [-0.3, -0.25) is 0 Å². The summed E-state index contributed by atoms with van der Waals surface area (Å²) in [6, 6.07) is 8.45. The lowest BCUT2D eigenvalue weighted by Gasteiger charge is -2.31. The Morgan fingerprint density at radius 1 is 1.38 bits per heavy atom. The first-order valence-electron chi connectivity index (χ1n) is 6.07. The summed E-state index contributed by atoms with van der Waals surface area (Å²) >= 11 is 0. The zero-order valence-corrected chi connectivity index (χ0v) is 10.0. The average Bonchev–Trinajstić information content (AvgIpc) is 2.30. The van der Waals surface area contributed by atoms with Gasteiger partial charge in [-0.05, 0) is 37.0 Å². The van der Waals surface area contributed by atoms with Gasteiger partial charge < -0.3 is 9.64 Å². The van der Waals surface area contributed by atoms with Crippen LogP contribution in [-0.4, -0.2) is 20.2 Å². The van der Waals surface area contributed by atoms with E-state index < -0.39 is 0 Å². The van der Waals surface area contributed by atoms with Gasteiger partial charge in [0.1, 0.15) is 5.75 Å². The molecular weight excluding hydrogens is 198 g/mol. The largest absolute Gasteiger partial charge is 0.497 e. The molecule has 1 aromatic rings. The van der Waals surface area contributed by atoms with Crippen LogP contribution in [0.25, 0.3) is 0 Å². The van der Waals surface area contributed by atoms with Crippen molar-refractivity contribution < 1.29 is 9.64 Å². The van der Waals surface area contributed by atoms with E-state index in [1.807, 2.05) is 12.1 Å². The zero-order valence-electron chi connectivity index (χ0n) is 10.0. The second-order valence-electron chi connectivity index (χ2n) is 4.76. The van der Waals surface area contributed by atoms with Crippen molar-refractivity contribution in [1.82, 2.24) is 0 Å². The Hall–Kier alpha value is -1.02. The molecule has 2 heteroatoms. The summed E-state index contributed by atoms with van der Waals surface area (Å²) in [4.78, 5) is 1.43. The van der Waals surface area contributed by atoms with Gasteiger partial charge in [-0.15, -0.1) is 0 Å². The van der Waals surface area contributed by atoms with Crippen LogP contribution < -0.4 is 9.64 Å². The smallest absolute Gasteiger partial charge is 0.118 e. The minimum Gasteiger partial charge on any atom is -0.497 e. The van der Waals surface area contributed by atoms with Crippen molar-refractivity contribution in [3.8, 4) is 5.75 Å². The van der Waals surface area contributed by atoms with Crippen molar-refractivity contribution in [3.05, 3.63) is 36.9 Å². The van der Waals surface area contributed by atoms with Crippen molar-refractivity contribution in [1.29, 1.82) is 0 Å². The summed E-state index contributed by atoms with van der Waals surface area (Å²) in [6.07, 6.45) is 3.85. The summed E-state index contributed by atoms with van der Waals surface area (Å²) in [5, 5.41) is 0. The first-order chi connectivity index (χ1) is 7.78. The Kier molecular flexibility index (Phi) is 3.83. The summed E-state index contributed by atoms with van der Waals surface area (Å²) in [5.74, 6) is 1.74. The molecular formula is C14H21NO. The lowest BCUT2D eigenvalue weighted by Crippen LogP contribution is -3.08. The number of rotatable bonds is 3. The molecule has 2 unspecified atom stereocenters. The highest BCUT2D eigenvalue weighted by atomic mass is 16.5. The molecule has 0 bridgehead atoms. The van der Waals surface area contributed by atoms with Crippen LogP contribution in [0.15, 0.2) is 24.3 Å². The number of hydrogen-bond acceptors (Lipinski definition) is 1. The Bertz CT molecular complexity index is 320. The van der Waals surface area contributed by atoms with E-state index in [9.17, 15) is 0 Å². The Balaban J connectivity index is 1.92. The van der Waals surface area contributed by atoms with Crippen LogP contribution in [0, 0.1) is 13.0 Å². The first kappa shape index (κ1) is 11.5. The molecule has 2 rings (SSSR count). The molecule has 1 heterocycles. The molecule has 1 N–H and O–H groups in total. The van der Waals surface area contributed by atoms with Gasteiger partial charge in [0.15, 0.2) is 0 Å². The van der Waals surface area contributed by atoms with Crippen molar-refractivity contribution in [2.24, 2.45) is 5.92 Å². The summed E-state index contributed by atoms with van der Waals surface area (Å²) in [5.41, 5.74) is 1.42. The number of likely N-dealkylation sites (tertiary alicyclic amines) is 1. The Morgan fingerprint density at radius 3 is 2.75 bits per heavy atom. The maximum absolute atomic E-state index is 5.16. The monoisotopic (exact) mass is 219 g/mol. The van der Waals surface area contributed by atoms with E-state index in [2.05, 4.69) is 19.2 Å². The van der Waals surface area contributed by atoms with E-state index in [0.717, 1.165) is 11.7 Å². The van der Waals surface area contributed by atoms with Crippen molar-refractivity contribution in [2.45, 2.75) is 19.3 Å². The predicted molar refractivity (Wildman–Crippen MR) is 65.5 cm³/mol. The summed E-state index contributed by atoms with van der Waals surface area (Å²) < 4.78 is 5.16. The molecule has 1 saturated heterocycles. The van der Waals surface area contributed by atoms with Crippen LogP contribution >= 0.6 is 0 Å². The van der Waals surface area contributed by atoms with Crippen molar-refractivity contribution in [2.75, 3.05) is 20.2 Å². The summed E-state index contributed by atoms with van der Waals surface area (Å²) in [7, 11) is 5.82. The fraction of sp³-hybridized carbons (Fsp3) is 0.500. The van der Waals surface area contributed by atoms with Crippen LogP contribution in [0.3, 0.4) is 0 Å². The molecule has 0 saturated carbocycles. The molecule has 2 atom stereocenters. The van der Waals surface area contributed by atoms with Gasteiger partial charge in [-0.1, -0.05) is 12.1 Å². The molecule has 1 fully saturated rings. The molecule has 0 amide bonds. The first-order valence-corrected chi connectivity index (χ1v) is 6.07. The highest BCUT2D eigenvalue weighted by Gasteiger charge is 2.17. The molecule has 0 spiro atoms. The number of nitrogens with one attached hydrogen (secondary N) is 1. The van der Waals surface area contributed by atoms with E-state index in [1.54, 1.807) is 7.11 Å². The van der Waals surface area contributed by atoms with Gasteiger partial charge in [0.2, 0.25) is 0 Å². The highest BCUT2D eigenvalue weighted by molar-refractivity contribution is 5.27. The normalized spacial score (nSPS) is 25.4. The molecule has 16 heavy (non-hydrogen) atoms. The van der Waals surface area contributed by atoms with Crippen LogP contribution in [0.2, 0.25) is 0 Å². The summed E-state index contributed by atoms with van der Waals surface area (Å²) in [6.45, 7) is 2.45. The second kappa shape index (κ2) is 5.35. The minimum atomic E-state index is 0.801. The van der Waals surface area contributed by atoms with Crippen molar-refractivity contribution in [3.63, 3.8) is 0 Å². The molecule has 1 aromatic carbocycles. The van der Waals surface area contributed by atoms with Crippen LogP contribution in [0.4, 0.5) is 0 Å². The van der Waals surface area contributed by atoms with Crippen LogP contribution in [0.1, 0.15) is 18.4 Å². The molecule has 1 aliphatic heterocycles. The van der Waals surface area contributed by atoms with E-state index in [-0.39, 0.29) is 0 Å². The van der Waals surface area contributed by atoms with Gasteiger partial charge in [0.25, 0.3) is 0 Å². The van der Waals surface area contributed by atoms with Gasteiger partial charge in [0.05, 0.1) is 20.2 Å². The number of piperidine rings is 1. The van der Waals surface area contributed by atoms with Gasteiger partial charge in [-0.2, -0.15) is 7.05 Å². The Morgan fingerprint density at radius 2 is 2.12 bits per heavy atom. The number of ether oxygens (including phenoxy) is 1. The third-order valence-corrected chi connectivity index (χ3v) is 3.40. The number of benzene rings is 1. The predicted octanol–water partition coefficient (Wildman–Crippen LogP) is 1.32. The molecule has 1 aliphatic rings. The van der Waals surface area contributed by atoms with Crippen molar-refractivity contribution >= 4 is 0 Å². The topological polar surface area (TPSA) is 13.7 Å². The zero-order chi connectivity index (χ0) is 11.4. The fourth-order valence-corrected chi connectivity index (χ4v) is 2.52. The highest BCUT2D eigenvalue weighted by Crippen LogP contribution is 2.17. The SMILES string of the molecule is [CH2-][NH+]1CCCC(Cc2ccc(OC)cc2)C1. The Labute approximate surface area is 98.2 Å².